The summed E-state index contributed by atoms with van der Waals surface area (Å²) in [6.45, 7) is -0.584. The van der Waals surface area contributed by atoms with Crippen LogP contribution >= 0.6 is 0 Å². The molecular formula is C2H7CuNO9S2. The molecule has 0 saturated carbocycles. The Morgan fingerprint density at radius 2 is 1.40 bits per heavy atom. The number of hydrogen-bond acceptors (Lipinski definition) is 7. The van der Waals surface area contributed by atoms with E-state index in [1.165, 1.54) is 0 Å². The molecule has 0 rings (SSSR count). The van der Waals surface area contributed by atoms with E-state index < -0.39 is 33.3 Å². The van der Waals surface area contributed by atoms with Gasteiger partial charge in [-0.25, -0.2) is 4.79 Å². The molecule has 0 aliphatic rings. The molecule has 15 heavy (non-hydrogen) atoms. The van der Waals surface area contributed by atoms with Crippen LogP contribution in [-0.2, 0) is 46.8 Å². The van der Waals surface area contributed by atoms with Crippen molar-refractivity contribution in [2.24, 2.45) is 5.73 Å². The van der Waals surface area contributed by atoms with Crippen molar-refractivity contribution >= 4 is 26.8 Å². The van der Waals surface area contributed by atoms with Crippen LogP contribution < -0.4 is 5.73 Å². The molecule has 0 saturated heterocycles. The van der Waals surface area contributed by atoms with Crippen LogP contribution in [-0.4, -0.2) is 43.0 Å². The van der Waals surface area contributed by atoms with Crippen LogP contribution in [0.5, 0.6) is 0 Å². The summed E-state index contributed by atoms with van der Waals surface area (Å²) in [5.74, 6) is -1.20. The Bertz CT molecular complexity index is 361. The molecule has 97 valence electrons. The SMILES string of the molecule is NCC(=O)OS(=O)(=O)O.O=S(=O)(O)O.[Cu]. The maximum absolute atomic E-state index is 9.94. The fraction of sp³-hybridized carbons (Fsp3) is 0.500. The van der Waals surface area contributed by atoms with Crippen LogP contribution in [0.2, 0.25) is 0 Å². The maximum Gasteiger partial charge on any atom is 0.449 e. The van der Waals surface area contributed by atoms with Gasteiger partial charge in [-0.2, -0.15) is 16.8 Å². The van der Waals surface area contributed by atoms with Gasteiger partial charge >= 0.3 is 26.8 Å². The van der Waals surface area contributed by atoms with Gasteiger partial charge in [-0.3, -0.25) is 13.7 Å². The molecule has 13 heteroatoms. The predicted octanol–water partition coefficient (Wildman–Crippen LogP) is -2.36. The largest absolute Gasteiger partial charge is 0.449 e. The van der Waals surface area contributed by atoms with Gasteiger partial charge in [0.1, 0.15) is 0 Å². The number of carbonyl (C=O) groups is 1. The van der Waals surface area contributed by atoms with Crippen LogP contribution in [0.1, 0.15) is 0 Å². The summed E-state index contributed by atoms with van der Waals surface area (Å²) in [6.07, 6.45) is 0. The second kappa shape index (κ2) is 7.95. The van der Waals surface area contributed by atoms with Crippen LogP contribution in [0.4, 0.5) is 0 Å². The average Bonchev–Trinajstić information content (AvgIpc) is 1.79. The summed E-state index contributed by atoms with van der Waals surface area (Å²) in [7, 11) is -9.33. The maximum atomic E-state index is 9.94. The van der Waals surface area contributed by atoms with Crippen molar-refractivity contribution in [1.82, 2.24) is 0 Å². The van der Waals surface area contributed by atoms with Crippen LogP contribution in [0.3, 0.4) is 0 Å². The zero-order chi connectivity index (χ0) is 12.0. The Hall–Kier alpha value is -0.271. The van der Waals surface area contributed by atoms with E-state index in [1.54, 1.807) is 0 Å². The van der Waals surface area contributed by atoms with Crippen molar-refractivity contribution in [1.29, 1.82) is 0 Å². The molecule has 0 fully saturated rings. The third-order valence-corrected chi connectivity index (χ3v) is 0.761. The van der Waals surface area contributed by atoms with Crippen molar-refractivity contribution < 1.29 is 56.5 Å². The molecule has 0 amide bonds. The molecule has 1 radical (unpaired) electrons. The molecule has 0 aromatic heterocycles. The summed E-state index contributed by atoms with van der Waals surface area (Å²) in [5.41, 5.74) is 4.63. The molecule has 0 unspecified atom stereocenters. The fourth-order valence-electron chi connectivity index (χ4n) is 0.151. The minimum atomic E-state index is -4.67. The van der Waals surface area contributed by atoms with E-state index in [-0.39, 0.29) is 17.1 Å². The van der Waals surface area contributed by atoms with E-state index in [0.29, 0.717) is 0 Å². The standard InChI is InChI=1S/C2H5NO5S.Cu.H2O4S/c3-1-2(4)8-9(5,6)7;;1-5(2,3)4/h1,3H2,(H,5,6,7);;(H2,1,2,3,4). The first kappa shape index (κ1) is 20.2. The minimum absolute atomic E-state index is 0. The van der Waals surface area contributed by atoms with Gasteiger partial charge in [0.15, 0.2) is 0 Å². The van der Waals surface area contributed by atoms with Crippen molar-refractivity contribution in [3.8, 4) is 0 Å². The molecule has 0 aliphatic carbocycles. The zero-order valence-electron chi connectivity index (χ0n) is 6.69. The van der Waals surface area contributed by atoms with Gasteiger partial charge in [-0.1, -0.05) is 0 Å². The number of nitrogens with two attached hydrogens (primary N) is 1. The van der Waals surface area contributed by atoms with Crippen molar-refractivity contribution in [3.63, 3.8) is 0 Å². The van der Waals surface area contributed by atoms with E-state index >= 15 is 0 Å². The van der Waals surface area contributed by atoms with Crippen molar-refractivity contribution in [2.45, 2.75) is 0 Å². The molecule has 0 bridgehead atoms. The van der Waals surface area contributed by atoms with E-state index in [9.17, 15) is 13.2 Å². The summed E-state index contributed by atoms with van der Waals surface area (Å²) in [5, 5.41) is 0. The van der Waals surface area contributed by atoms with E-state index in [1.807, 2.05) is 0 Å². The zero-order valence-corrected chi connectivity index (χ0v) is 9.27. The summed E-state index contributed by atoms with van der Waals surface area (Å²) < 4.78 is 62.0. The van der Waals surface area contributed by atoms with Crippen LogP contribution in [0, 0.1) is 0 Å². The third-order valence-electron chi connectivity index (χ3n) is 0.365. The van der Waals surface area contributed by atoms with Gasteiger partial charge in [0.2, 0.25) is 0 Å². The Morgan fingerprint density at radius 1 is 1.13 bits per heavy atom. The fourth-order valence-corrected chi connectivity index (χ4v) is 0.454. The molecule has 0 aliphatic heterocycles. The molecule has 0 spiro atoms. The van der Waals surface area contributed by atoms with Gasteiger partial charge in [0, 0.05) is 17.1 Å². The average molecular weight is 317 g/mol. The van der Waals surface area contributed by atoms with E-state index in [0.717, 1.165) is 0 Å². The molecule has 0 atom stereocenters. The third kappa shape index (κ3) is 41.7. The topological polar surface area (TPSA) is 181 Å². The number of carbonyl (C=O) groups excluding carboxylic acids is 1. The van der Waals surface area contributed by atoms with Crippen molar-refractivity contribution in [3.05, 3.63) is 0 Å². The van der Waals surface area contributed by atoms with E-state index in [2.05, 4.69) is 9.92 Å². The molecule has 0 aromatic rings. The van der Waals surface area contributed by atoms with Gasteiger partial charge in [-0.15, -0.1) is 0 Å². The molecule has 5 N–H and O–H groups in total. The minimum Gasteiger partial charge on any atom is -0.324 e. The molecule has 10 nitrogen and oxygen atoms in total. The predicted molar refractivity (Wildman–Crippen MR) is 40.9 cm³/mol. The molecular weight excluding hydrogens is 310 g/mol. The Morgan fingerprint density at radius 3 is 1.47 bits per heavy atom. The second-order valence-corrected chi connectivity index (χ2v) is 3.45. The van der Waals surface area contributed by atoms with E-state index in [4.69, 9.17) is 22.1 Å². The first-order valence-electron chi connectivity index (χ1n) is 2.55. The summed E-state index contributed by atoms with van der Waals surface area (Å²) in [6, 6.07) is 0. The normalized spacial score (nSPS) is 10.4. The first-order chi connectivity index (χ1) is 5.95. The first-order valence-corrected chi connectivity index (χ1v) is 5.31. The molecule has 0 heterocycles. The Kier molecular flexibility index (Phi) is 10.7. The smallest absolute Gasteiger partial charge is 0.324 e. The van der Waals surface area contributed by atoms with Gasteiger partial charge in [0.25, 0.3) is 0 Å². The van der Waals surface area contributed by atoms with Crippen LogP contribution in [0.25, 0.3) is 0 Å². The summed E-state index contributed by atoms with van der Waals surface area (Å²) >= 11 is 0. The monoisotopic (exact) mass is 316 g/mol. The Balaban J connectivity index is -0.000000208. The number of rotatable bonds is 2. The number of hydrogen-bond donors (Lipinski definition) is 4. The Labute approximate surface area is 95.8 Å². The second-order valence-electron chi connectivity index (χ2n) is 1.54. The quantitative estimate of drug-likeness (QED) is 0.317. The summed E-state index contributed by atoms with van der Waals surface area (Å²) in [4.78, 5) is 9.94. The van der Waals surface area contributed by atoms with Gasteiger partial charge in [0.05, 0.1) is 6.54 Å². The van der Waals surface area contributed by atoms with Crippen molar-refractivity contribution in [2.75, 3.05) is 6.54 Å². The van der Waals surface area contributed by atoms with Crippen LogP contribution in [0.15, 0.2) is 0 Å². The van der Waals surface area contributed by atoms with Gasteiger partial charge < -0.3 is 9.92 Å². The van der Waals surface area contributed by atoms with Gasteiger partial charge in [-0.05, 0) is 0 Å². The molecule has 0 aromatic carbocycles.